The molecule has 0 aliphatic heterocycles. The van der Waals surface area contributed by atoms with Crippen molar-refractivity contribution in [1.82, 2.24) is 0 Å². The van der Waals surface area contributed by atoms with Crippen LogP contribution in [-0.4, -0.2) is 26.1 Å². The predicted octanol–water partition coefficient (Wildman–Crippen LogP) is 1.36. The maximum absolute atomic E-state index is 11.7. The number of hydrogen-bond acceptors (Lipinski definition) is 4. The quantitative estimate of drug-likeness (QED) is 0.659. The van der Waals surface area contributed by atoms with Crippen molar-refractivity contribution in [2.45, 2.75) is 39.7 Å². The highest BCUT2D eigenvalue weighted by molar-refractivity contribution is 7.86. The Morgan fingerprint density at radius 2 is 1.86 bits per heavy atom. The molecule has 4 nitrogen and oxygen atoms in total. The van der Waals surface area contributed by atoms with Crippen molar-refractivity contribution in [3.8, 4) is 0 Å². The Hall–Kier alpha value is -0.420. The highest BCUT2D eigenvalue weighted by atomic mass is 32.2. The summed E-state index contributed by atoms with van der Waals surface area (Å²) in [4.78, 5) is 11.7. The molecule has 0 aromatic carbocycles. The monoisotopic (exact) mass is 222 g/mol. The van der Waals surface area contributed by atoms with Gasteiger partial charge in [0.05, 0.1) is 6.26 Å². The maximum Gasteiger partial charge on any atom is 0.265 e. The van der Waals surface area contributed by atoms with Crippen LogP contribution in [0.5, 0.6) is 0 Å². The second-order valence-corrected chi connectivity index (χ2v) is 5.55. The first-order valence-corrected chi connectivity index (χ1v) is 6.36. The molecule has 0 saturated carbocycles. The predicted molar refractivity (Wildman–Crippen MR) is 54.5 cm³/mol. The molecule has 14 heavy (non-hydrogen) atoms. The van der Waals surface area contributed by atoms with Gasteiger partial charge >= 0.3 is 0 Å². The van der Waals surface area contributed by atoms with Crippen molar-refractivity contribution in [2.24, 2.45) is 5.92 Å². The number of ketones is 1. The molecule has 0 aliphatic rings. The molecule has 0 saturated heterocycles. The van der Waals surface area contributed by atoms with Gasteiger partial charge in [0.15, 0.2) is 5.78 Å². The molecule has 0 spiro atoms. The van der Waals surface area contributed by atoms with Crippen LogP contribution in [0.15, 0.2) is 0 Å². The topological polar surface area (TPSA) is 60.4 Å². The van der Waals surface area contributed by atoms with Crippen molar-refractivity contribution < 1.29 is 17.4 Å². The average molecular weight is 222 g/mol. The van der Waals surface area contributed by atoms with Gasteiger partial charge in [0.25, 0.3) is 10.1 Å². The Morgan fingerprint density at radius 3 is 2.14 bits per heavy atom. The van der Waals surface area contributed by atoms with Crippen LogP contribution in [0.2, 0.25) is 0 Å². The molecule has 0 bridgehead atoms. The summed E-state index contributed by atoms with van der Waals surface area (Å²) in [6.07, 6.45) is 1.62. The van der Waals surface area contributed by atoms with E-state index in [9.17, 15) is 13.2 Å². The second-order valence-electron chi connectivity index (χ2n) is 3.97. The van der Waals surface area contributed by atoms with Gasteiger partial charge in [-0.1, -0.05) is 13.8 Å². The number of Topliss-reactive ketones (excluding diaryl/α,β-unsaturated/α-hetero) is 1. The molecule has 0 aliphatic carbocycles. The highest BCUT2D eigenvalue weighted by Gasteiger charge is 2.34. The van der Waals surface area contributed by atoms with Crippen LogP contribution in [0.25, 0.3) is 0 Å². The fraction of sp³-hybridized carbons (Fsp3) is 0.889. The van der Waals surface area contributed by atoms with Crippen LogP contribution >= 0.6 is 0 Å². The van der Waals surface area contributed by atoms with Gasteiger partial charge in [-0.2, -0.15) is 8.42 Å². The normalized spacial score (nSPS) is 15.2. The zero-order valence-electron chi connectivity index (χ0n) is 9.33. The van der Waals surface area contributed by atoms with E-state index >= 15 is 0 Å². The Balaban J connectivity index is 4.71. The third-order valence-electron chi connectivity index (χ3n) is 2.01. The lowest BCUT2D eigenvalue weighted by Gasteiger charge is -2.24. The van der Waals surface area contributed by atoms with E-state index in [0.29, 0.717) is 6.42 Å². The van der Waals surface area contributed by atoms with E-state index in [1.165, 1.54) is 13.8 Å². The van der Waals surface area contributed by atoms with Crippen molar-refractivity contribution in [2.75, 3.05) is 6.26 Å². The molecular formula is C9H18O4S. The van der Waals surface area contributed by atoms with Crippen LogP contribution in [0.3, 0.4) is 0 Å². The van der Waals surface area contributed by atoms with E-state index in [2.05, 4.69) is 0 Å². The molecule has 0 N–H and O–H groups in total. The molecule has 0 fully saturated rings. The van der Waals surface area contributed by atoms with Gasteiger partial charge in [-0.25, -0.2) is 0 Å². The van der Waals surface area contributed by atoms with Crippen molar-refractivity contribution >= 4 is 15.9 Å². The van der Waals surface area contributed by atoms with Gasteiger partial charge in [-0.05, 0) is 20.3 Å². The van der Waals surface area contributed by atoms with E-state index in [-0.39, 0.29) is 11.7 Å². The molecule has 1 unspecified atom stereocenters. The summed E-state index contributed by atoms with van der Waals surface area (Å²) in [5.41, 5.74) is -1.26. The van der Waals surface area contributed by atoms with Gasteiger partial charge in [0, 0.05) is 5.92 Å². The molecule has 0 radical (unpaired) electrons. The Kier molecular flexibility index (Phi) is 4.27. The van der Waals surface area contributed by atoms with Crippen molar-refractivity contribution in [3.63, 3.8) is 0 Å². The summed E-state index contributed by atoms with van der Waals surface area (Å²) in [6.45, 7) is 6.58. The van der Waals surface area contributed by atoms with E-state index in [0.717, 1.165) is 6.26 Å². The summed E-state index contributed by atoms with van der Waals surface area (Å²) >= 11 is 0. The Bertz CT molecular complexity index is 303. The molecule has 0 amide bonds. The average Bonchev–Trinajstić information content (AvgIpc) is 1.97. The first-order valence-electron chi connectivity index (χ1n) is 4.55. The molecular weight excluding hydrogens is 204 g/mol. The standard InChI is InChI=1S/C9H18O4S/c1-6-7(2)8(10)9(3,4)13-14(5,11)12/h7H,6H2,1-5H3. The van der Waals surface area contributed by atoms with Crippen LogP contribution in [-0.2, 0) is 19.1 Å². The molecule has 0 rings (SSSR count). The zero-order chi connectivity index (χ0) is 11.6. The fourth-order valence-corrected chi connectivity index (χ4v) is 2.04. The van der Waals surface area contributed by atoms with E-state index in [4.69, 9.17) is 4.18 Å². The number of carbonyl (C=O) groups excluding carboxylic acids is 1. The minimum atomic E-state index is -3.59. The number of rotatable bonds is 5. The third kappa shape index (κ3) is 4.19. The lowest BCUT2D eigenvalue weighted by atomic mass is 9.91. The first-order chi connectivity index (χ1) is 6.10. The van der Waals surface area contributed by atoms with E-state index in [1.807, 2.05) is 6.92 Å². The Morgan fingerprint density at radius 1 is 1.43 bits per heavy atom. The third-order valence-corrected chi connectivity index (χ3v) is 2.73. The summed E-state index contributed by atoms with van der Waals surface area (Å²) < 4.78 is 26.5. The van der Waals surface area contributed by atoms with Gasteiger partial charge in [0.2, 0.25) is 0 Å². The lowest BCUT2D eigenvalue weighted by Crippen LogP contribution is -2.40. The summed E-state index contributed by atoms with van der Waals surface area (Å²) in [5, 5.41) is 0. The number of hydrogen-bond donors (Lipinski definition) is 0. The molecule has 84 valence electrons. The highest BCUT2D eigenvalue weighted by Crippen LogP contribution is 2.20. The van der Waals surface area contributed by atoms with Crippen LogP contribution in [0.4, 0.5) is 0 Å². The van der Waals surface area contributed by atoms with Gasteiger partial charge in [-0.3, -0.25) is 8.98 Å². The molecule has 0 aromatic heterocycles. The SMILES string of the molecule is CCC(C)C(=O)C(C)(C)OS(C)(=O)=O. The van der Waals surface area contributed by atoms with E-state index < -0.39 is 15.7 Å². The smallest absolute Gasteiger partial charge is 0.265 e. The lowest BCUT2D eigenvalue weighted by molar-refractivity contribution is -0.135. The van der Waals surface area contributed by atoms with E-state index in [1.54, 1.807) is 6.92 Å². The van der Waals surface area contributed by atoms with Crippen LogP contribution in [0, 0.1) is 5.92 Å². The second kappa shape index (κ2) is 4.40. The van der Waals surface area contributed by atoms with Crippen molar-refractivity contribution in [1.29, 1.82) is 0 Å². The van der Waals surface area contributed by atoms with Crippen LogP contribution < -0.4 is 0 Å². The molecule has 0 heterocycles. The zero-order valence-corrected chi connectivity index (χ0v) is 10.1. The van der Waals surface area contributed by atoms with Crippen molar-refractivity contribution in [3.05, 3.63) is 0 Å². The minimum Gasteiger partial charge on any atom is -0.296 e. The van der Waals surface area contributed by atoms with Gasteiger partial charge in [-0.15, -0.1) is 0 Å². The summed E-state index contributed by atoms with van der Waals surface area (Å²) in [5.74, 6) is -0.378. The van der Waals surface area contributed by atoms with Gasteiger partial charge < -0.3 is 0 Å². The molecule has 5 heteroatoms. The first kappa shape index (κ1) is 13.6. The maximum atomic E-state index is 11.7. The largest absolute Gasteiger partial charge is 0.296 e. The minimum absolute atomic E-state index is 0.188. The number of carbonyl (C=O) groups is 1. The van der Waals surface area contributed by atoms with Crippen LogP contribution in [0.1, 0.15) is 34.1 Å². The summed E-state index contributed by atoms with van der Waals surface area (Å²) in [6, 6.07) is 0. The molecule has 0 aromatic rings. The Labute approximate surface area is 85.8 Å². The molecule has 1 atom stereocenters. The summed E-state index contributed by atoms with van der Waals surface area (Å²) in [7, 11) is -3.59. The fourth-order valence-electron chi connectivity index (χ4n) is 1.20. The van der Waals surface area contributed by atoms with Gasteiger partial charge in [0.1, 0.15) is 5.60 Å².